The largest absolute Gasteiger partial charge is 0.379 e. The standard InChI is InChI=1S/C14H23N5O4S/c1-24(21,22)19-6-12-5-17(7-13(19)9-23-8-12)14(20)3-2-4-18-11-15-10-16-18/h10-13H,2-9H2,1H3/t12-,13-/m0/s1. The molecular formula is C14H23N5O4S. The Morgan fingerprint density at radius 3 is 2.83 bits per heavy atom. The molecule has 1 amide bonds. The Bertz CT molecular complexity index is 663. The van der Waals surface area contributed by atoms with Crippen molar-refractivity contribution in [3.63, 3.8) is 0 Å². The van der Waals surface area contributed by atoms with Gasteiger partial charge in [0.25, 0.3) is 0 Å². The van der Waals surface area contributed by atoms with E-state index in [1.807, 2.05) is 0 Å². The van der Waals surface area contributed by atoms with Crippen LogP contribution in [0.5, 0.6) is 0 Å². The first kappa shape index (κ1) is 17.3. The summed E-state index contributed by atoms with van der Waals surface area (Å²) < 4.78 is 32.8. The number of carbonyl (C=O) groups is 1. The van der Waals surface area contributed by atoms with Gasteiger partial charge in [0.05, 0.1) is 25.5 Å². The van der Waals surface area contributed by atoms with Crippen molar-refractivity contribution in [2.24, 2.45) is 5.92 Å². The number of hydrogen-bond donors (Lipinski definition) is 0. The van der Waals surface area contributed by atoms with E-state index in [-0.39, 0.29) is 17.9 Å². The molecule has 0 unspecified atom stereocenters. The minimum Gasteiger partial charge on any atom is -0.379 e. The molecule has 24 heavy (non-hydrogen) atoms. The molecule has 2 atom stereocenters. The van der Waals surface area contributed by atoms with Gasteiger partial charge in [-0.25, -0.2) is 13.4 Å². The van der Waals surface area contributed by atoms with Crippen LogP contribution in [0.3, 0.4) is 0 Å². The average molecular weight is 357 g/mol. The van der Waals surface area contributed by atoms with Crippen LogP contribution >= 0.6 is 0 Å². The highest BCUT2D eigenvalue weighted by atomic mass is 32.2. The monoisotopic (exact) mass is 357 g/mol. The van der Waals surface area contributed by atoms with E-state index >= 15 is 0 Å². The Kier molecular flexibility index (Phi) is 5.16. The number of amides is 1. The summed E-state index contributed by atoms with van der Waals surface area (Å²) in [7, 11) is -3.30. The summed E-state index contributed by atoms with van der Waals surface area (Å²) in [4.78, 5) is 18.2. The van der Waals surface area contributed by atoms with Crippen LogP contribution in [0.15, 0.2) is 12.7 Å². The molecule has 3 heterocycles. The molecule has 1 aromatic rings. The Morgan fingerprint density at radius 2 is 2.12 bits per heavy atom. The highest BCUT2D eigenvalue weighted by Crippen LogP contribution is 2.22. The zero-order valence-electron chi connectivity index (χ0n) is 13.7. The third-order valence-corrected chi connectivity index (χ3v) is 5.74. The van der Waals surface area contributed by atoms with Gasteiger partial charge < -0.3 is 9.64 Å². The second-order valence-corrected chi connectivity index (χ2v) is 8.39. The lowest BCUT2D eigenvalue weighted by atomic mass is 10.1. The van der Waals surface area contributed by atoms with Gasteiger partial charge in [-0.05, 0) is 6.42 Å². The van der Waals surface area contributed by atoms with Gasteiger partial charge in [-0.3, -0.25) is 9.48 Å². The zero-order valence-corrected chi connectivity index (χ0v) is 14.6. The third kappa shape index (κ3) is 4.11. The Hall–Kier alpha value is -1.52. The summed E-state index contributed by atoms with van der Waals surface area (Å²) in [5.74, 6) is 0.0776. The lowest BCUT2D eigenvalue weighted by molar-refractivity contribution is -0.133. The molecule has 0 aliphatic carbocycles. The van der Waals surface area contributed by atoms with E-state index < -0.39 is 10.0 Å². The fraction of sp³-hybridized carbons (Fsp3) is 0.786. The van der Waals surface area contributed by atoms with Gasteiger partial charge in [0.2, 0.25) is 15.9 Å². The quantitative estimate of drug-likeness (QED) is 0.683. The molecule has 2 aliphatic heterocycles. The molecule has 0 aromatic carbocycles. The summed E-state index contributed by atoms with van der Waals surface area (Å²) in [6.45, 7) is 2.84. The zero-order chi connectivity index (χ0) is 17.2. The number of aryl methyl sites for hydroxylation is 1. The number of hydrogen-bond acceptors (Lipinski definition) is 6. The smallest absolute Gasteiger partial charge is 0.222 e. The molecule has 0 spiro atoms. The molecule has 10 heteroatoms. The normalized spacial score (nSPS) is 25.5. The maximum atomic E-state index is 12.5. The van der Waals surface area contributed by atoms with Gasteiger partial charge in [0.1, 0.15) is 12.7 Å². The Labute approximate surface area is 141 Å². The predicted molar refractivity (Wildman–Crippen MR) is 85.5 cm³/mol. The minimum absolute atomic E-state index is 0.0199. The van der Waals surface area contributed by atoms with Gasteiger partial charge in [-0.2, -0.15) is 9.40 Å². The second kappa shape index (κ2) is 7.16. The number of fused-ring (bicyclic) bond motifs is 3. The van der Waals surface area contributed by atoms with Gasteiger partial charge in [-0.1, -0.05) is 0 Å². The number of sulfonamides is 1. The Morgan fingerprint density at radius 1 is 1.29 bits per heavy atom. The minimum atomic E-state index is -3.30. The maximum absolute atomic E-state index is 12.5. The van der Waals surface area contributed by atoms with E-state index in [1.54, 1.807) is 15.9 Å². The SMILES string of the molecule is CS(=O)(=O)N1C[C@H]2COC[C@@H]1CN(C(=O)CCCn1cncn1)C2. The molecule has 3 rings (SSSR count). The van der Waals surface area contributed by atoms with Crippen molar-refractivity contribution in [2.45, 2.75) is 25.4 Å². The van der Waals surface area contributed by atoms with E-state index in [9.17, 15) is 13.2 Å². The van der Waals surface area contributed by atoms with Gasteiger partial charge in [0, 0.05) is 38.5 Å². The van der Waals surface area contributed by atoms with Crippen LogP contribution in [-0.4, -0.2) is 83.4 Å². The van der Waals surface area contributed by atoms with E-state index in [4.69, 9.17) is 4.74 Å². The molecule has 2 saturated heterocycles. The molecule has 2 aliphatic rings. The first-order chi connectivity index (χ1) is 11.4. The molecule has 134 valence electrons. The summed E-state index contributed by atoms with van der Waals surface area (Å²) in [5.41, 5.74) is 0. The molecule has 2 fully saturated rings. The highest BCUT2D eigenvalue weighted by Gasteiger charge is 2.38. The molecule has 0 N–H and O–H groups in total. The maximum Gasteiger partial charge on any atom is 0.222 e. The molecule has 9 nitrogen and oxygen atoms in total. The topological polar surface area (TPSA) is 97.6 Å². The molecule has 2 bridgehead atoms. The van der Waals surface area contributed by atoms with E-state index in [0.29, 0.717) is 52.2 Å². The number of aromatic nitrogens is 3. The summed E-state index contributed by atoms with van der Waals surface area (Å²) in [5, 5.41) is 4.01. The van der Waals surface area contributed by atoms with Gasteiger partial charge in [-0.15, -0.1) is 0 Å². The predicted octanol–water partition coefficient (Wildman–Crippen LogP) is -0.823. The highest BCUT2D eigenvalue weighted by molar-refractivity contribution is 7.88. The summed E-state index contributed by atoms with van der Waals surface area (Å²) in [6, 6.07) is -0.299. The first-order valence-corrected chi connectivity index (χ1v) is 9.93. The lowest BCUT2D eigenvalue weighted by Crippen LogP contribution is -2.47. The molecular weight excluding hydrogens is 334 g/mol. The van der Waals surface area contributed by atoms with Gasteiger partial charge in [0.15, 0.2) is 0 Å². The fourth-order valence-corrected chi connectivity index (χ4v) is 4.46. The van der Waals surface area contributed by atoms with Crippen LogP contribution in [0.4, 0.5) is 0 Å². The van der Waals surface area contributed by atoms with Crippen LogP contribution in [0.2, 0.25) is 0 Å². The van der Waals surface area contributed by atoms with Crippen molar-refractivity contribution in [2.75, 3.05) is 39.1 Å². The van der Waals surface area contributed by atoms with E-state index in [2.05, 4.69) is 10.1 Å². The third-order valence-electron chi connectivity index (χ3n) is 4.44. The van der Waals surface area contributed by atoms with E-state index in [1.165, 1.54) is 16.9 Å². The van der Waals surface area contributed by atoms with Crippen molar-refractivity contribution in [1.29, 1.82) is 0 Å². The summed E-state index contributed by atoms with van der Waals surface area (Å²) in [6.07, 6.45) is 5.41. The summed E-state index contributed by atoms with van der Waals surface area (Å²) >= 11 is 0. The average Bonchev–Trinajstić information content (AvgIpc) is 2.82. The Balaban J connectivity index is 1.61. The van der Waals surface area contributed by atoms with Crippen LogP contribution in [0.25, 0.3) is 0 Å². The number of ether oxygens (including phenoxy) is 1. The van der Waals surface area contributed by atoms with Crippen LogP contribution in [0.1, 0.15) is 12.8 Å². The number of carbonyl (C=O) groups excluding carboxylic acids is 1. The van der Waals surface area contributed by atoms with Crippen molar-refractivity contribution in [1.82, 2.24) is 24.0 Å². The van der Waals surface area contributed by atoms with Crippen LogP contribution < -0.4 is 0 Å². The van der Waals surface area contributed by atoms with E-state index in [0.717, 1.165) is 0 Å². The molecule has 0 radical (unpaired) electrons. The van der Waals surface area contributed by atoms with Crippen molar-refractivity contribution in [3.05, 3.63) is 12.7 Å². The second-order valence-electron chi connectivity index (χ2n) is 6.45. The van der Waals surface area contributed by atoms with Gasteiger partial charge >= 0.3 is 0 Å². The lowest BCUT2D eigenvalue weighted by Gasteiger charge is -2.30. The van der Waals surface area contributed by atoms with Crippen molar-refractivity contribution < 1.29 is 17.9 Å². The fourth-order valence-electron chi connectivity index (χ4n) is 3.31. The molecule has 0 saturated carbocycles. The molecule has 1 aromatic heterocycles. The van der Waals surface area contributed by atoms with Crippen molar-refractivity contribution >= 4 is 15.9 Å². The van der Waals surface area contributed by atoms with Crippen LogP contribution in [-0.2, 0) is 26.1 Å². The number of rotatable bonds is 5. The number of nitrogens with zero attached hydrogens (tertiary/aromatic N) is 5. The van der Waals surface area contributed by atoms with Crippen LogP contribution in [0, 0.1) is 5.92 Å². The van der Waals surface area contributed by atoms with Crippen molar-refractivity contribution in [3.8, 4) is 0 Å². The first-order valence-electron chi connectivity index (χ1n) is 8.08.